The molecule has 0 spiro atoms. The molecule has 1 N–H and O–H groups in total. The van der Waals surface area contributed by atoms with Crippen LogP contribution in [0.3, 0.4) is 0 Å². The van der Waals surface area contributed by atoms with Gasteiger partial charge in [-0.25, -0.2) is 0 Å². The van der Waals surface area contributed by atoms with Crippen LogP contribution < -0.4 is 10.1 Å². The van der Waals surface area contributed by atoms with Crippen LogP contribution in [0.25, 0.3) is 0 Å². The number of hydrogen-bond donors (Lipinski definition) is 1. The third kappa shape index (κ3) is 4.87. The first kappa shape index (κ1) is 16.1. The Balaban J connectivity index is 2.07. The average molecular weight is 348 g/mol. The van der Waals surface area contributed by atoms with Gasteiger partial charge in [0.1, 0.15) is 12.4 Å². The Labute approximate surface area is 135 Å². The van der Waals surface area contributed by atoms with E-state index in [0.29, 0.717) is 12.6 Å². The first-order valence-corrected chi connectivity index (χ1v) is 8.04. The summed E-state index contributed by atoms with van der Waals surface area (Å²) in [6.07, 6.45) is 0. The Hall–Kier alpha value is -1.32. The van der Waals surface area contributed by atoms with Crippen molar-refractivity contribution in [2.45, 2.75) is 40.0 Å². The largest absolute Gasteiger partial charge is 0.489 e. The number of halogens is 1. The van der Waals surface area contributed by atoms with E-state index in [9.17, 15) is 0 Å². The summed E-state index contributed by atoms with van der Waals surface area (Å²) in [6.45, 7) is 7.84. The SMILES string of the molecule is Cc1ccc(Br)cc1OCc1ccccc1CNC(C)C. The van der Waals surface area contributed by atoms with Crippen LogP contribution >= 0.6 is 15.9 Å². The number of nitrogens with one attached hydrogen (secondary N) is 1. The molecule has 0 fully saturated rings. The lowest BCUT2D eigenvalue weighted by Gasteiger charge is -2.14. The molecule has 0 amide bonds. The van der Waals surface area contributed by atoms with Gasteiger partial charge in [0, 0.05) is 17.1 Å². The van der Waals surface area contributed by atoms with Crippen LogP contribution in [0.5, 0.6) is 5.75 Å². The van der Waals surface area contributed by atoms with E-state index in [1.165, 1.54) is 11.1 Å². The summed E-state index contributed by atoms with van der Waals surface area (Å²) in [7, 11) is 0. The zero-order valence-corrected chi connectivity index (χ0v) is 14.4. The summed E-state index contributed by atoms with van der Waals surface area (Å²) in [6, 6.07) is 15.0. The molecular weight excluding hydrogens is 326 g/mol. The summed E-state index contributed by atoms with van der Waals surface area (Å²) >= 11 is 3.49. The molecule has 0 atom stereocenters. The molecule has 2 aromatic carbocycles. The molecule has 0 aliphatic carbocycles. The summed E-state index contributed by atoms with van der Waals surface area (Å²) in [4.78, 5) is 0. The van der Waals surface area contributed by atoms with Gasteiger partial charge in [-0.1, -0.05) is 60.1 Å². The Bertz CT molecular complexity index is 596. The topological polar surface area (TPSA) is 21.3 Å². The van der Waals surface area contributed by atoms with E-state index in [-0.39, 0.29) is 0 Å². The number of hydrogen-bond acceptors (Lipinski definition) is 2. The molecular formula is C18H22BrNO. The Morgan fingerprint density at radius 1 is 1.10 bits per heavy atom. The van der Waals surface area contributed by atoms with Crippen molar-refractivity contribution in [2.24, 2.45) is 0 Å². The highest BCUT2D eigenvalue weighted by molar-refractivity contribution is 9.10. The number of benzene rings is 2. The summed E-state index contributed by atoms with van der Waals surface area (Å²) in [5, 5.41) is 3.46. The third-order valence-electron chi connectivity index (χ3n) is 3.35. The highest BCUT2D eigenvalue weighted by Gasteiger charge is 2.05. The molecule has 0 aliphatic heterocycles. The van der Waals surface area contributed by atoms with Gasteiger partial charge in [0.2, 0.25) is 0 Å². The molecule has 112 valence electrons. The van der Waals surface area contributed by atoms with Crippen molar-refractivity contribution in [3.63, 3.8) is 0 Å². The monoisotopic (exact) mass is 347 g/mol. The lowest BCUT2D eigenvalue weighted by Crippen LogP contribution is -2.22. The van der Waals surface area contributed by atoms with Crippen LogP contribution in [-0.2, 0) is 13.2 Å². The van der Waals surface area contributed by atoms with Crippen LogP contribution in [0.15, 0.2) is 46.9 Å². The van der Waals surface area contributed by atoms with Crippen molar-refractivity contribution < 1.29 is 4.74 Å². The molecule has 0 radical (unpaired) electrons. The molecule has 0 saturated heterocycles. The minimum atomic E-state index is 0.478. The molecule has 3 heteroatoms. The van der Waals surface area contributed by atoms with Crippen molar-refractivity contribution >= 4 is 15.9 Å². The van der Waals surface area contributed by atoms with Gasteiger partial charge in [0.25, 0.3) is 0 Å². The highest BCUT2D eigenvalue weighted by atomic mass is 79.9. The van der Waals surface area contributed by atoms with Gasteiger partial charge in [-0.15, -0.1) is 0 Å². The Morgan fingerprint density at radius 2 is 1.81 bits per heavy atom. The highest BCUT2D eigenvalue weighted by Crippen LogP contribution is 2.24. The Kier molecular flexibility index (Phi) is 5.83. The smallest absolute Gasteiger partial charge is 0.123 e. The van der Waals surface area contributed by atoms with Gasteiger partial charge in [-0.05, 0) is 35.7 Å². The lowest BCUT2D eigenvalue weighted by molar-refractivity contribution is 0.302. The minimum absolute atomic E-state index is 0.478. The van der Waals surface area contributed by atoms with Gasteiger partial charge >= 0.3 is 0 Å². The molecule has 0 aliphatic rings. The van der Waals surface area contributed by atoms with Crippen molar-refractivity contribution in [1.82, 2.24) is 5.32 Å². The second-order valence-electron chi connectivity index (χ2n) is 5.50. The molecule has 2 nitrogen and oxygen atoms in total. The molecule has 21 heavy (non-hydrogen) atoms. The van der Waals surface area contributed by atoms with Crippen molar-refractivity contribution in [2.75, 3.05) is 0 Å². The third-order valence-corrected chi connectivity index (χ3v) is 3.85. The van der Waals surface area contributed by atoms with E-state index in [1.54, 1.807) is 0 Å². The van der Waals surface area contributed by atoms with E-state index in [0.717, 1.165) is 22.3 Å². The van der Waals surface area contributed by atoms with Crippen molar-refractivity contribution in [1.29, 1.82) is 0 Å². The van der Waals surface area contributed by atoms with Gasteiger partial charge in [0.05, 0.1) is 0 Å². The molecule has 0 saturated carbocycles. The molecule has 0 unspecified atom stereocenters. The standard InChI is InChI=1S/C18H22BrNO/c1-13(2)20-11-15-6-4-5-7-16(15)12-21-18-10-17(19)9-8-14(18)3/h4-10,13,20H,11-12H2,1-3H3. The van der Waals surface area contributed by atoms with Crippen LogP contribution in [0, 0.1) is 6.92 Å². The first-order chi connectivity index (χ1) is 10.1. The molecule has 0 bridgehead atoms. The van der Waals surface area contributed by atoms with E-state index < -0.39 is 0 Å². The maximum absolute atomic E-state index is 5.99. The normalized spacial score (nSPS) is 10.9. The van der Waals surface area contributed by atoms with Gasteiger partial charge in [-0.3, -0.25) is 0 Å². The maximum Gasteiger partial charge on any atom is 0.123 e. The fourth-order valence-electron chi connectivity index (χ4n) is 2.07. The van der Waals surface area contributed by atoms with Crippen LogP contribution in [0.4, 0.5) is 0 Å². The molecule has 2 rings (SSSR count). The van der Waals surface area contributed by atoms with E-state index in [4.69, 9.17) is 4.74 Å². The number of ether oxygens (including phenoxy) is 1. The number of aryl methyl sites for hydroxylation is 1. The zero-order valence-electron chi connectivity index (χ0n) is 12.8. The predicted molar refractivity (Wildman–Crippen MR) is 91.6 cm³/mol. The van der Waals surface area contributed by atoms with Crippen molar-refractivity contribution in [3.05, 3.63) is 63.6 Å². The average Bonchev–Trinajstić information content (AvgIpc) is 2.47. The quantitative estimate of drug-likeness (QED) is 0.807. The predicted octanol–water partition coefficient (Wildman–Crippen LogP) is 4.83. The second-order valence-corrected chi connectivity index (χ2v) is 6.42. The van der Waals surface area contributed by atoms with Crippen LogP contribution in [0.1, 0.15) is 30.5 Å². The van der Waals surface area contributed by atoms with Gasteiger partial charge in [0.15, 0.2) is 0 Å². The van der Waals surface area contributed by atoms with Gasteiger partial charge < -0.3 is 10.1 Å². The van der Waals surface area contributed by atoms with Crippen molar-refractivity contribution in [3.8, 4) is 5.75 Å². The fraction of sp³-hybridized carbons (Fsp3) is 0.333. The summed E-state index contributed by atoms with van der Waals surface area (Å²) in [5.74, 6) is 0.927. The van der Waals surface area contributed by atoms with Crippen LogP contribution in [0.2, 0.25) is 0 Å². The van der Waals surface area contributed by atoms with E-state index >= 15 is 0 Å². The number of rotatable bonds is 6. The minimum Gasteiger partial charge on any atom is -0.489 e. The Morgan fingerprint density at radius 3 is 2.52 bits per heavy atom. The fourth-order valence-corrected chi connectivity index (χ4v) is 2.41. The first-order valence-electron chi connectivity index (χ1n) is 7.25. The van der Waals surface area contributed by atoms with Gasteiger partial charge in [-0.2, -0.15) is 0 Å². The molecule has 2 aromatic rings. The lowest BCUT2D eigenvalue weighted by atomic mass is 10.1. The maximum atomic E-state index is 5.99. The van der Waals surface area contributed by atoms with E-state index in [1.807, 2.05) is 12.1 Å². The molecule has 0 aromatic heterocycles. The second kappa shape index (κ2) is 7.62. The summed E-state index contributed by atoms with van der Waals surface area (Å²) in [5.41, 5.74) is 3.67. The zero-order chi connectivity index (χ0) is 15.2. The summed E-state index contributed by atoms with van der Waals surface area (Å²) < 4.78 is 7.03. The van der Waals surface area contributed by atoms with E-state index in [2.05, 4.69) is 72.3 Å². The molecule has 0 heterocycles. The van der Waals surface area contributed by atoms with Crippen LogP contribution in [-0.4, -0.2) is 6.04 Å².